The number of carbonyl (C=O) groups is 1. The van der Waals surface area contributed by atoms with Gasteiger partial charge < -0.3 is 20.1 Å². The first-order valence-electron chi connectivity index (χ1n) is 21.8. The third-order valence-corrected chi connectivity index (χ3v) is 10.4. The Labute approximate surface area is 321 Å². The Balaban J connectivity index is 4.02. The molecule has 52 heavy (non-hydrogen) atoms. The van der Waals surface area contributed by atoms with Gasteiger partial charge in [-0.15, -0.1) is 0 Å². The predicted octanol–water partition coefficient (Wildman–Crippen LogP) is 12.9. The molecule has 0 spiro atoms. The summed E-state index contributed by atoms with van der Waals surface area (Å²) in [6.45, 7) is 4.92. The van der Waals surface area contributed by atoms with Gasteiger partial charge in [0.15, 0.2) is 0 Å². The second-order valence-electron chi connectivity index (χ2n) is 14.6. The average molecular weight is 758 g/mol. The number of rotatable bonds is 42. The molecule has 308 valence electrons. The number of phosphoric ester groups is 1. The minimum Gasteiger partial charge on any atom is -0.457 e. The zero-order chi connectivity index (χ0) is 38.1. The van der Waals surface area contributed by atoms with Gasteiger partial charge in [0.25, 0.3) is 0 Å². The van der Waals surface area contributed by atoms with E-state index in [9.17, 15) is 14.3 Å². The van der Waals surface area contributed by atoms with Gasteiger partial charge in [-0.05, 0) is 44.9 Å². The Morgan fingerprint density at radius 3 is 1.54 bits per heavy atom. The van der Waals surface area contributed by atoms with Crippen molar-refractivity contribution >= 4 is 13.8 Å². The number of hydrogen-bond donors (Lipinski definition) is 2. The van der Waals surface area contributed by atoms with E-state index in [1.807, 2.05) is 0 Å². The summed E-state index contributed by atoms with van der Waals surface area (Å²) < 4.78 is 33.4. The van der Waals surface area contributed by atoms with Crippen LogP contribution in [-0.2, 0) is 27.9 Å². The summed E-state index contributed by atoms with van der Waals surface area (Å²) in [4.78, 5) is 22.5. The third-order valence-electron chi connectivity index (χ3n) is 9.37. The SMILES string of the molecule is CCCCC/C=C\C/C=C\CCCCCCCCCC(=O)OC(COCCCCCCCCCCCCCCCCCC)COP(=O)(O)OCCN. The van der Waals surface area contributed by atoms with E-state index in [1.54, 1.807) is 0 Å². The molecule has 0 heterocycles. The molecule has 9 heteroatoms. The first kappa shape index (κ1) is 51.0. The molecule has 0 aliphatic carbocycles. The molecular formula is C43H84NO7P. The summed E-state index contributed by atoms with van der Waals surface area (Å²) in [5, 5.41) is 0. The number of phosphoric acid groups is 1. The summed E-state index contributed by atoms with van der Waals surface area (Å²) in [6, 6.07) is 0. The number of nitrogens with two attached hydrogens (primary N) is 1. The van der Waals surface area contributed by atoms with Crippen molar-refractivity contribution in [2.24, 2.45) is 5.73 Å². The number of unbranched alkanes of at least 4 members (excludes halogenated alkanes) is 25. The molecule has 0 saturated carbocycles. The molecule has 0 rings (SSSR count). The van der Waals surface area contributed by atoms with Crippen molar-refractivity contribution in [3.8, 4) is 0 Å². The van der Waals surface area contributed by atoms with Gasteiger partial charge in [-0.2, -0.15) is 0 Å². The Morgan fingerprint density at radius 2 is 1.02 bits per heavy atom. The molecule has 0 fully saturated rings. The standard InChI is InChI=1S/C43H84NO7P/c1-3-5-7-9-11-13-15-17-19-21-22-24-26-28-30-32-34-36-43(45)51-42(41-50-52(46,47)49-39-37-44)40-48-38-35-33-31-29-27-25-23-20-18-16-14-12-10-8-6-4-2/h11,13,17,19,42H,3-10,12,14-16,18,20-41,44H2,1-2H3,(H,46,47)/b13-11-,19-17-. The highest BCUT2D eigenvalue weighted by Crippen LogP contribution is 2.43. The Morgan fingerprint density at radius 1 is 0.577 bits per heavy atom. The molecule has 0 aromatic heterocycles. The second-order valence-corrected chi connectivity index (χ2v) is 16.0. The lowest BCUT2D eigenvalue weighted by Crippen LogP contribution is -2.28. The van der Waals surface area contributed by atoms with Gasteiger partial charge in [0.1, 0.15) is 6.10 Å². The fraction of sp³-hybridized carbons (Fsp3) is 0.884. The van der Waals surface area contributed by atoms with Crippen LogP contribution in [-0.4, -0.2) is 49.9 Å². The summed E-state index contributed by atoms with van der Waals surface area (Å²) in [5.41, 5.74) is 5.37. The highest BCUT2D eigenvalue weighted by molar-refractivity contribution is 7.47. The van der Waals surface area contributed by atoms with Crippen LogP contribution in [0.15, 0.2) is 24.3 Å². The number of ether oxygens (including phenoxy) is 2. The normalized spacial score (nSPS) is 13.7. The van der Waals surface area contributed by atoms with Gasteiger partial charge in [-0.1, -0.05) is 179 Å². The van der Waals surface area contributed by atoms with E-state index in [0.717, 1.165) is 44.9 Å². The Kier molecular flexibility index (Phi) is 40.3. The van der Waals surface area contributed by atoms with Crippen molar-refractivity contribution in [1.29, 1.82) is 0 Å². The van der Waals surface area contributed by atoms with E-state index in [4.69, 9.17) is 24.3 Å². The second kappa shape index (κ2) is 41.1. The first-order valence-corrected chi connectivity index (χ1v) is 23.3. The molecule has 0 aromatic carbocycles. The smallest absolute Gasteiger partial charge is 0.457 e. The molecule has 2 atom stereocenters. The summed E-state index contributed by atoms with van der Waals surface area (Å²) in [6.07, 6.45) is 44.7. The average Bonchev–Trinajstić information content (AvgIpc) is 3.13. The lowest BCUT2D eigenvalue weighted by molar-refractivity contribution is -0.154. The minimum atomic E-state index is -4.27. The van der Waals surface area contributed by atoms with Crippen molar-refractivity contribution in [3.63, 3.8) is 0 Å². The molecule has 0 amide bonds. The third kappa shape index (κ3) is 40.2. The molecule has 0 bridgehead atoms. The van der Waals surface area contributed by atoms with Crippen LogP contribution in [0.1, 0.15) is 206 Å². The number of hydrogen-bond acceptors (Lipinski definition) is 7. The van der Waals surface area contributed by atoms with Crippen molar-refractivity contribution < 1.29 is 32.8 Å². The highest BCUT2D eigenvalue weighted by atomic mass is 31.2. The largest absolute Gasteiger partial charge is 0.472 e. The Hall–Kier alpha value is -1.02. The lowest BCUT2D eigenvalue weighted by atomic mass is 10.0. The number of esters is 1. The quantitative estimate of drug-likeness (QED) is 0.0273. The zero-order valence-electron chi connectivity index (χ0n) is 34.1. The van der Waals surface area contributed by atoms with E-state index in [2.05, 4.69) is 38.2 Å². The van der Waals surface area contributed by atoms with Crippen molar-refractivity contribution in [3.05, 3.63) is 24.3 Å². The van der Waals surface area contributed by atoms with Crippen LogP contribution in [0.5, 0.6) is 0 Å². The van der Waals surface area contributed by atoms with Crippen LogP contribution >= 0.6 is 7.82 Å². The van der Waals surface area contributed by atoms with Gasteiger partial charge in [0, 0.05) is 19.6 Å². The fourth-order valence-corrected chi connectivity index (χ4v) is 6.91. The van der Waals surface area contributed by atoms with Crippen molar-refractivity contribution in [2.45, 2.75) is 213 Å². The molecule has 0 aromatic rings. The van der Waals surface area contributed by atoms with Gasteiger partial charge in [-0.3, -0.25) is 13.8 Å². The topological polar surface area (TPSA) is 117 Å². The minimum absolute atomic E-state index is 0.0951. The number of carbonyl (C=O) groups excluding carboxylic acids is 1. The van der Waals surface area contributed by atoms with E-state index < -0.39 is 13.9 Å². The molecule has 0 saturated heterocycles. The molecule has 0 radical (unpaired) electrons. The van der Waals surface area contributed by atoms with Gasteiger partial charge in [0.05, 0.1) is 19.8 Å². The van der Waals surface area contributed by atoms with E-state index in [-0.39, 0.29) is 32.3 Å². The van der Waals surface area contributed by atoms with Crippen LogP contribution in [0.2, 0.25) is 0 Å². The molecule has 0 aliphatic rings. The summed E-state index contributed by atoms with van der Waals surface area (Å²) >= 11 is 0. The maximum atomic E-state index is 12.6. The molecular weight excluding hydrogens is 673 g/mol. The van der Waals surface area contributed by atoms with E-state index in [0.29, 0.717) is 13.0 Å². The van der Waals surface area contributed by atoms with Gasteiger partial charge in [-0.25, -0.2) is 4.57 Å². The predicted molar refractivity (Wildman–Crippen MR) is 220 cm³/mol. The molecule has 3 N–H and O–H groups in total. The monoisotopic (exact) mass is 758 g/mol. The lowest BCUT2D eigenvalue weighted by Gasteiger charge is -2.20. The van der Waals surface area contributed by atoms with Crippen LogP contribution in [0.3, 0.4) is 0 Å². The molecule has 2 unspecified atom stereocenters. The van der Waals surface area contributed by atoms with Crippen molar-refractivity contribution in [2.75, 3.05) is 33.0 Å². The van der Waals surface area contributed by atoms with E-state index in [1.165, 1.54) is 141 Å². The summed E-state index contributed by atoms with van der Waals surface area (Å²) in [7, 11) is -4.27. The van der Waals surface area contributed by atoms with Crippen LogP contribution in [0.25, 0.3) is 0 Å². The van der Waals surface area contributed by atoms with Crippen LogP contribution in [0, 0.1) is 0 Å². The number of allylic oxidation sites excluding steroid dienone is 4. The van der Waals surface area contributed by atoms with Crippen molar-refractivity contribution in [1.82, 2.24) is 0 Å². The van der Waals surface area contributed by atoms with Gasteiger partial charge in [0.2, 0.25) is 0 Å². The van der Waals surface area contributed by atoms with Gasteiger partial charge >= 0.3 is 13.8 Å². The summed E-state index contributed by atoms with van der Waals surface area (Å²) in [5.74, 6) is -0.335. The van der Waals surface area contributed by atoms with Crippen LogP contribution in [0.4, 0.5) is 0 Å². The fourth-order valence-electron chi connectivity index (χ4n) is 6.14. The first-order chi connectivity index (χ1) is 25.4. The maximum Gasteiger partial charge on any atom is 0.472 e. The molecule has 8 nitrogen and oxygen atoms in total. The maximum absolute atomic E-state index is 12.6. The zero-order valence-corrected chi connectivity index (χ0v) is 35.0. The molecule has 0 aliphatic heterocycles. The Bertz CT molecular complexity index is 853. The van der Waals surface area contributed by atoms with E-state index >= 15 is 0 Å². The highest BCUT2D eigenvalue weighted by Gasteiger charge is 2.25. The van der Waals surface area contributed by atoms with Crippen LogP contribution < -0.4 is 5.73 Å².